The quantitative estimate of drug-likeness (QED) is 0.392. The normalized spacial score (nSPS) is 24.8. The lowest BCUT2D eigenvalue weighted by Crippen LogP contribution is -2.59. The summed E-state index contributed by atoms with van der Waals surface area (Å²) in [4.78, 5) is 53.4. The van der Waals surface area contributed by atoms with Crippen LogP contribution in [0.25, 0.3) is 0 Å². The fourth-order valence-electron chi connectivity index (χ4n) is 4.89. The zero-order valence-electron chi connectivity index (χ0n) is 24.3. The van der Waals surface area contributed by atoms with E-state index in [1.165, 1.54) is 7.11 Å². The molecule has 4 rings (SSSR count). The lowest BCUT2D eigenvalue weighted by atomic mass is 9.94. The molecule has 4 atom stereocenters. The van der Waals surface area contributed by atoms with Crippen LogP contribution in [0.4, 0.5) is 0 Å². The Morgan fingerprint density at radius 2 is 1.86 bits per heavy atom. The van der Waals surface area contributed by atoms with Gasteiger partial charge < -0.3 is 30.2 Å². The number of carbonyl (C=O) groups excluding carboxylic acids is 4. The summed E-state index contributed by atoms with van der Waals surface area (Å²) in [5.74, 6) is -1.90. The molecule has 3 N–H and O–H groups in total. The van der Waals surface area contributed by atoms with Crippen LogP contribution < -0.4 is 16.0 Å². The van der Waals surface area contributed by atoms with Crippen molar-refractivity contribution in [2.45, 2.75) is 75.7 Å². The highest BCUT2D eigenvalue weighted by molar-refractivity contribution is 5.99. The summed E-state index contributed by atoms with van der Waals surface area (Å²) in [5.41, 5.74) is 0.257. The number of epoxide rings is 1. The highest BCUT2D eigenvalue weighted by atomic mass is 16.6. The number of ketones is 1. The first kappa shape index (κ1) is 31.3. The molecule has 228 valence electrons. The van der Waals surface area contributed by atoms with Crippen molar-refractivity contribution in [3.63, 3.8) is 0 Å². The number of benzene rings is 1. The molecule has 2 aliphatic rings. The van der Waals surface area contributed by atoms with Crippen LogP contribution in [0.2, 0.25) is 0 Å². The van der Waals surface area contributed by atoms with Gasteiger partial charge >= 0.3 is 0 Å². The SMILES string of the molecule is COC[C@@H]1NC(=O)c2ccnn2CCCCCCCOC[C@@H](C(=O)N[C@@H](Cc2ccccc2)C(=O)[C@@]2(C)CO2)NC1=O. The lowest BCUT2D eigenvalue weighted by Gasteiger charge is -2.26. The van der Waals surface area contributed by atoms with Gasteiger partial charge in [-0.1, -0.05) is 49.6 Å². The zero-order chi connectivity index (χ0) is 30.0. The molecule has 0 aliphatic carbocycles. The third-order valence-corrected chi connectivity index (χ3v) is 7.49. The molecule has 1 fully saturated rings. The van der Waals surface area contributed by atoms with Gasteiger partial charge in [-0.05, 0) is 37.8 Å². The van der Waals surface area contributed by atoms with Crippen molar-refractivity contribution in [2.75, 3.05) is 33.5 Å². The number of methoxy groups -OCH3 is 1. The summed E-state index contributed by atoms with van der Waals surface area (Å²) >= 11 is 0. The summed E-state index contributed by atoms with van der Waals surface area (Å²) in [7, 11) is 1.42. The van der Waals surface area contributed by atoms with Gasteiger partial charge in [0.15, 0.2) is 5.78 Å². The summed E-state index contributed by atoms with van der Waals surface area (Å²) in [6, 6.07) is 7.89. The molecular weight excluding hydrogens is 542 g/mol. The Hall–Kier alpha value is -3.61. The molecule has 0 unspecified atom stereocenters. The number of fused-ring (bicyclic) bond motifs is 1. The van der Waals surface area contributed by atoms with Crippen molar-refractivity contribution in [1.82, 2.24) is 25.7 Å². The average Bonchev–Trinajstić information content (AvgIpc) is 3.56. The van der Waals surface area contributed by atoms with E-state index in [2.05, 4.69) is 21.0 Å². The van der Waals surface area contributed by atoms with Crippen LogP contribution >= 0.6 is 0 Å². The van der Waals surface area contributed by atoms with E-state index in [4.69, 9.17) is 14.2 Å². The number of amides is 3. The number of hydrogen-bond acceptors (Lipinski definition) is 8. The van der Waals surface area contributed by atoms with E-state index < -0.39 is 41.4 Å². The number of ether oxygens (including phenoxy) is 3. The van der Waals surface area contributed by atoms with E-state index in [0.29, 0.717) is 18.8 Å². The Balaban J connectivity index is 1.52. The van der Waals surface area contributed by atoms with Crippen LogP contribution in [-0.4, -0.2) is 90.5 Å². The van der Waals surface area contributed by atoms with Gasteiger partial charge in [-0.2, -0.15) is 5.10 Å². The Labute approximate surface area is 245 Å². The monoisotopic (exact) mass is 583 g/mol. The minimum Gasteiger partial charge on any atom is -0.382 e. The Morgan fingerprint density at radius 1 is 1.12 bits per heavy atom. The molecular formula is C30H41N5O7. The molecule has 42 heavy (non-hydrogen) atoms. The largest absolute Gasteiger partial charge is 0.382 e. The summed E-state index contributed by atoms with van der Waals surface area (Å²) in [6.45, 7) is 2.77. The highest BCUT2D eigenvalue weighted by Gasteiger charge is 2.50. The second-order valence-electron chi connectivity index (χ2n) is 11.0. The topological polar surface area (TPSA) is 153 Å². The van der Waals surface area contributed by atoms with Gasteiger partial charge in [0.2, 0.25) is 11.8 Å². The molecule has 3 amide bonds. The second kappa shape index (κ2) is 15.0. The molecule has 1 saturated heterocycles. The molecule has 1 aromatic carbocycles. The smallest absolute Gasteiger partial charge is 0.270 e. The number of nitrogens with one attached hydrogen (secondary N) is 3. The van der Waals surface area contributed by atoms with Crippen LogP contribution in [0.5, 0.6) is 0 Å². The predicted molar refractivity (Wildman–Crippen MR) is 153 cm³/mol. The Morgan fingerprint density at radius 3 is 2.60 bits per heavy atom. The summed E-state index contributed by atoms with van der Waals surface area (Å²) < 4.78 is 18.0. The van der Waals surface area contributed by atoms with Gasteiger partial charge in [-0.15, -0.1) is 0 Å². The maximum absolute atomic E-state index is 13.6. The summed E-state index contributed by atoms with van der Waals surface area (Å²) in [5, 5.41) is 12.5. The van der Waals surface area contributed by atoms with E-state index >= 15 is 0 Å². The van der Waals surface area contributed by atoms with Gasteiger partial charge in [-0.25, -0.2) is 0 Å². The first-order chi connectivity index (χ1) is 20.3. The van der Waals surface area contributed by atoms with Gasteiger partial charge in [0.25, 0.3) is 5.91 Å². The third kappa shape index (κ3) is 8.70. The first-order valence-corrected chi connectivity index (χ1v) is 14.5. The van der Waals surface area contributed by atoms with Crippen LogP contribution in [0.15, 0.2) is 42.6 Å². The van der Waals surface area contributed by atoms with Gasteiger partial charge in [-0.3, -0.25) is 23.9 Å². The number of Topliss-reactive ketones (excluding diaryl/α,β-unsaturated/α-hetero) is 1. The molecule has 12 heteroatoms. The maximum atomic E-state index is 13.6. The molecule has 0 radical (unpaired) electrons. The van der Waals surface area contributed by atoms with Crippen molar-refractivity contribution in [3.8, 4) is 0 Å². The molecule has 1 aromatic heterocycles. The van der Waals surface area contributed by atoms with Crippen molar-refractivity contribution < 1.29 is 33.4 Å². The van der Waals surface area contributed by atoms with Gasteiger partial charge in [0.1, 0.15) is 23.4 Å². The van der Waals surface area contributed by atoms with Crippen LogP contribution in [-0.2, 0) is 41.6 Å². The number of carbonyl (C=O) groups is 4. The molecule has 2 aliphatic heterocycles. The molecule has 3 heterocycles. The Bertz CT molecular complexity index is 1210. The first-order valence-electron chi connectivity index (χ1n) is 14.5. The second-order valence-corrected chi connectivity index (χ2v) is 11.0. The standard InChI is InChI=1S/C30H41N5O7/c1-30(20-42-30)26(36)22(17-21-11-7-6-8-12-21)32-28(38)24-19-41-16-10-5-3-4-9-15-35-25(13-14-31-35)29(39)34-23(18-40-2)27(37)33-24/h6-8,11-14,22-24H,3-5,9-10,15-20H2,1-2H3,(H,32,38)(H,33,37)(H,34,39)/t22-,23-,24-,30+/m0/s1. The van der Waals surface area contributed by atoms with Crippen LogP contribution in [0.3, 0.4) is 0 Å². The molecule has 12 nitrogen and oxygen atoms in total. The number of aromatic nitrogens is 2. The van der Waals surface area contributed by atoms with Gasteiger partial charge in [0.05, 0.1) is 25.9 Å². The lowest BCUT2D eigenvalue weighted by molar-refractivity contribution is -0.134. The molecule has 0 bridgehead atoms. The number of aryl methyl sites for hydroxylation is 1. The summed E-state index contributed by atoms with van der Waals surface area (Å²) in [6.07, 6.45) is 6.38. The van der Waals surface area contributed by atoms with E-state index in [1.54, 1.807) is 23.9 Å². The minimum absolute atomic E-state index is 0.0992. The van der Waals surface area contributed by atoms with Crippen molar-refractivity contribution in [3.05, 3.63) is 53.9 Å². The Kier molecular flexibility index (Phi) is 11.2. The van der Waals surface area contributed by atoms with E-state index in [9.17, 15) is 19.2 Å². The van der Waals surface area contributed by atoms with Crippen LogP contribution in [0.1, 0.15) is 55.1 Å². The van der Waals surface area contributed by atoms with Crippen molar-refractivity contribution in [1.29, 1.82) is 0 Å². The van der Waals surface area contributed by atoms with E-state index in [0.717, 1.165) is 37.7 Å². The van der Waals surface area contributed by atoms with Crippen molar-refractivity contribution >= 4 is 23.5 Å². The zero-order valence-corrected chi connectivity index (χ0v) is 24.3. The van der Waals surface area contributed by atoms with E-state index in [-0.39, 0.29) is 32.0 Å². The number of nitrogens with zero attached hydrogens (tertiary/aromatic N) is 2. The molecule has 0 saturated carbocycles. The number of rotatable bonds is 8. The third-order valence-electron chi connectivity index (χ3n) is 7.49. The fourth-order valence-corrected chi connectivity index (χ4v) is 4.89. The minimum atomic E-state index is -1.12. The molecule has 0 spiro atoms. The highest BCUT2D eigenvalue weighted by Crippen LogP contribution is 2.29. The maximum Gasteiger partial charge on any atom is 0.270 e. The average molecular weight is 584 g/mol. The van der Waals surface area contributed by atoms with Crippen LogP contribution in [0, 0.1) is 0 Å². The van der Waals surface area contributed by atoms with E-state index in [1.807, 2.05) is 30.3 Å². The number of hydrogen-bond donors (Lipinski definition) is 3. The van der Waals surface area contributed by atoms with Gasteiger partial charge in [0, 0.05) is 26.5 Å². The fraction of sp³-hybridized carbons (Fsp3) is 0.567. The van der Waals surface area contributed by atoms with Crippen molar-refractivity contribution in [2.24, 2.45) is 0 Å². The molecule has 2 aromatic rings. The predicted octanol–water partition coefficient (Wildman–Crippen LogP) is 1.18.